The van der Waals surface area contributed by atoms with E-state index < -0.39 is 18.0 Å². The molecular weight excluding hydrogens is 276 g/mol. The predicted octanol–water partition coefficient (Wildman–Crippen LogP) is 1.93. The minimum atomic E-state index is -0.935. The molecule has 21 heavy (non-hydrogen) atoms. The monoisotopic (exact) mass is 304 g/mol. The van der Waals surface area contributed by atoms with Crippen LogP contribution in [0.3, 0.4) is 0 Å². The lowest BCUT2D eigenvalue weighted by molar-refractivity contribution is -0.133. The SMILES string of the molecule is C=C(C)C(=O)O.C=C(C)C(=O)O.CC(C)C(CO)C(C)O. The molecule has 6 nitrogen and oxygen atoms in total. The highest BCUT2D eigenvalue weighted by Gasteiger charge is 2.16. The van der Waals surface area contributed by atoms with Crippen molar-refractivity contribution >= 4 is 11.9 Å². The fraction of sp³-hybridized carbons (Fsp3) is 0.600. The highest BCUT2D eigenvalue weighted by Crippen LogP contribution is 2.13. The summed E-state index contributed by atoms with van der Waals surface area (Å²) in [5.74, 6) is -1.48. The molecule has 0 aromatic heterocycles. The average Bonchev–Trinajstić information content (AvgIpc) is 2.29. The number of rotatable bonds is 5. The van der Waals surface area contributed by atoms with Crippen molar-refractivity contribution in [3.63, 3.8) is 0 Å². The summed E-state index contributed by atoms with van der Waals surface area (Å²) in [5.41, 5.74) is 0.352. The number of carbonyl (C=O) groups is 2. The summed E-state index contributed by atoms with van der Waals surface area (Å²) in [6, 6.07) is 0. The van der Waals surface area contributed by atoms with Gasteiger partial charge in [0.05, 0.1) is 6.10 Å². The number of hydrogen-bond donors (Lipinski definition) is 4. The molecule has 0 heterocycles. The first-order valence-electron chi connectivity index (χ1n) is 6.44. The van der Waals surface area contributed by atoms with Gasteiger partial charge >= 0.3 is 11.9 Å². The van der Waals surface area contributed by atoms with Gasteiger partial charge in [-0.1, -0.05) is 27.0 Å². The Morgan fingerprint density at radius 3 is 1.19 bits per heavy atom. The molecule has 0 aromatic carbocycles. The fourth-order valence-corrected chi connectivity index (χ4v) is 0.920. The standard InChI is InChI=1S/C7H16O2.2C4H6O2/c1-5(2)7(4-8)6(3)9;2*1-3(2)4(5)6/h5-9H,4H2,1-3H3;2*1H2,2H3,(H,5,6). The van der Waals surface area contributed by atoms with Crippen LogP contribution < -0.4 is 0 Å². The van der Waals surface area contributed by atoms with E-state index in [-0.39, 0.29) is 23.7 Å². The summed E-state index contributed by atoms with van der Waals surface area (Å²) in [4.78, 5) is 19.2. The topological polar surface area (TPSA) is 115 Å². The molecule has 0 radical (unpaired) electrons. The van der Waals surface area contributed by atoms with E-state index in [0.29, 0.717) is 5.92 Å². The molecule has 0 aliphatic rings. The summed E-state index contributed by atoms with van der Waals surface area (Å²) in [7, 11) is 0. The van der Waals surface area contributed by atoms with Crippen LogP contribution in [0.4, 0.5) is 0 Å². The van der Waals surface area contributed by atoms with Gasteiger partial charge in [0, 0.05) is 23.7 Å². The molecule has 4 N–H and O–H groups in total. The van der Waals surface area contributed by atoms with Crippen molar-refractivity contribution < 1.29 is 30.0 Å². The molecule has 0 aromatic rings. The van der Waals surface area contributed by atoms with Crippen LogP contribution in [-0.4, -0.2) is 45.1 Å². The summed E-state index contributed by atoms with van der Waals surface area (Å²) in [5, 5.41) is 33.5. The molecule has 0 saturated heterocycles. The van der Waals surface area contributed by atoms with Crippen LogP contribution in [0, 0.1) is 11.8 Å². The molecule has 0 amide bonds. The van der Waals surface area contributed by atoms with Gasteiger partial charge in [0.15, 0.2) is 0 Å². The maximum atomic E-state index is 9.60. The minimum absolute atomic E-state index is 0.0324. The lowest BCUT2D eigenvalue weighted by Gasteiger charge is -2.20. The third-order valence-electron chi connectivity index (χ3n) is 2.42. The number of aliphatic carboxylic acids is 2. The number of carboxylic acids is 2. The van der Waals surface area contributed by atoms with Crippen molar-refractivity contribution in [2.75, 3.05) is 6.61 Å². The van der Waals surface area contributed by atoms with Crippen molar-refractivity contribution in [2.24, 2.45) is 11.8 Å². The average molecular weight is 304 g/mol. The van der Waals surface area contributed by atoms with Crippen LogP contribution in [0.5, 0.6) is 0 Å². The Hall–Kier alpha value is -1.66. The van der Waals surface area contributed by atoms with Gasteiger partial charge < -0.3 is 20.4 Å². The van der Waals surface area contributed by atoms with Crippen LogP contribution in [-0.2, 0) is 9.59 Å². The zero-order valence-electron chi connectivity index (χ0n) is 13.5. The Bertz CT molecular complexity index is 288. The zero-order chi connectivity index (χ0) is 17.7. The third-order valence-corrected chi connectivity index (χ3v) is 2.42. The summed E-state index contributed by atoms with van der Waals surface area (Å²) >= 11 is 0. The van der Waals surface area contributed by atoms with Crippen molar-refractivity contribution in [3.05, 3.63) is 24.3 Å². The van der Waals surface area contributed by atoms with Crippen molar-refractivity contribution in [1.29, 1.82) is 0 Å². The molecule has 0 bridgehead atoms. The Morgan fingerprint density at radius 1 is 0.952 bits per heavy atom. The van der Waals surface area contributed by atoms with E-state index in [1.165, 1.54) is 13.8 Å². The summed E-state index contributed by atoms with van der Waals surface area (Å²) in [6.45, 7) is 15.0. The summed E-state index contributed by atoms with van der Waals surface area (Å²) < 4.78 is 0. The quantitative estimate of drug-likeness (QED) is 0.577. The van der Waals surface area contributed by atoms with E-state index in [2.05, 4.69) is 13.2 Å². The van der Waals surface area contributed by atoms with Gasteiger partial charge in [-0.2, -0.15) is 0 Å². The van der Waals surface area contributed by atoms with Crippen LogP contribution in [0.1, 0.15) is 34.6 Å². The van der Waals surface area contributed by atoms with E-state index in [1.54, 1.807) is 6.92 Å². The van der Waals surface area contributed by atoms with Crippen LogP contribution >= 0.6 is 0 Å². The summed E-state index contributed by atoms with van der Waals surface area (Å²) in [6.07, 6.45) is -0.394. The predicted molar refractivity (Wildman–Crippen MR) is 82.0 cm³/mol. The normalized spacial score (nSPS) is 12.0. The Labute approximate surface area is 126 Å². The van der Waals surface area contributed by atoms with Gasteiger partial charge in [-0.3, -0.25) is 0 Å². The van der Waals surface area contributed by atoms with Crippen molar-refractivity contribution in [3.8, 4) is 0 Å². The fourth-order valence-electron chi connectivity index (χ4n) is 0.920. The number of aliphatic hydroxyl groups excluding tert-OH is 2. The van der Waals surface area contributed by atoms with Crippen molar-refractivity contribution in [1.82, 2.24) is 0 Å². The van der Waals surface area contributed by atoms with Gasteiger partial charge in [0.2, 0.25) is 0 Å². The molecule has 0 rings (SSSR count). The Morgan fingerprint density at radius 2 is 1.19 bits per heavy atom. The molecule has 0 fully saturated rings. The first-order chi connectivity index (χ1) is 9.38. The van der Waals surface area contributed by atoms with E-state index in [9.17, 15) is 9.59 Å². The second-order valence-electron chi connectivity index (χ2n) is 5.00. The van der Waals surface area contributed by atoms with Gasteiger partial charge in [-0.25, -0.2) is 9.59 Å². The van der Waals surface area contributed by atoms with Crippen LogP contribution in [0.15, 0.2) is 24.3 Å². The van der Waals surface area contributed by atoms with E-state index in [0.717, 1.165) is 0 Å². The van der Waals surface area contributed by atoms with E-state index >= 15 is 0 Å². The van der Waals surface area contributed by atoms with Crippen molar-refractivity contribution in [2.45, 2.75) is 40.7 Å². The maximum absolute atomic E-state index is 9.60. The molecule has 0 aliphatic heterocycles. The van der Waals surface area contributed by atoms with E-state index in [1.807, 2.05) is 13.8 Å². The van der Waals surface area contributed by atoms with Gasteiger partial charge in [-0.05, 0) is 26.7 Å². The molecule has 0 spiro atoms. The molecule has 0 aliphatic carbocycles. The molecular formula is C15H28O6. The van der Waals surface area contributed by atoms with E-state index in [4.69, 9.17) is 20.4 Å². The first-order valence-corrected chi connectivity index (χ1v) is 6.44. The molecule has 2 unspecified atom stereocenters. The molecule has 0 saturated carbocycles. The van der Waals surface area contributed by atoms with Gasteiger partial charge in [0.1, 0.15) is 0 Å². The van der Waals surface area contributed by atoms with Gasteiger partial charge in [0.25, 0.3) is 0 Å². The number of aliphatic hydroxyl groups is 2. The highest BCUT2D eigenvalue weighted by molar-refractivity contribution is 5.85. The van der Waals surface area contributed by atoms with Crippen LogP contribution in [0.25, 0.3) is 0 Å². The van der Waals surface area contributed by atoms with Crippen LogP contribution in [0.2, 0.25) is 0 Å². The lowest BCUT2D eigenvalue weighted by Crippen LogP contribution is -2.25. The lowest BCUT2D eigenvalue weighted by atomic mass is 9.92. The molecule has 6 heteroatoms. The number of hydrogen-bond acceptors (Lipinski definition) is 4. The first kappa shape index (κ1) is 24.4. The smallest absolute Gasteiger partial charge is 0.330 e. The maximum Gasteiger partial charge on any atom is 0.330 e. The van der Waals surface area contributed by atoms with Gasteiger partial charge in [-0.15, -0.1) is 0 Å². The third kappa shape index (κ3) is 18.3. The second kappa shape index (κ2) is 13.3. The minimum Gasteiger partial charge on any atom is -0.478 e. The number of carboxylic acid groups (broad SMARTS) is 2. The largest absolute Gasteiger partial charge is 0.478 e. The second-order valence-corrected chi connectivity index (χ2v) is 5.00. The molecule has 2 atom stereocenters. The zero-order valence-corrected chi connectivity index (χ0v) is 13.5. The molecule has 124 valence electrons. The Kier molecular flexibility index (Phi) is 15.5. The highest BCUT2D eigenvalue weighted by atomic mass is 16.4. The Balaban J connectivity index is -0.000000240.